The number of hydrogen-bond acceptors (Lipinski definition) is 13. The van der Waals surface area contributed by atoms with E-state index in [1.807, 2.05) is 0 Å². The van der Waals surface area contributed by atoms with Crippen LogP contribution in [-0.2, 0) is 14.4 Å². The topological polar surface area (TPSA) is 187 Å². The summed E-state index contributed by atoms with van der Waals surface area (Å²) in [4.78, 5) is 41.9. The molecule has 1 saturated heterocycles. The Labute approximate surface area is 214 Å². The molecule has 4 heterocycles. The van der Waals surface area contributed by atoms with E-state index in [1.165, 1.54) is 23.3 Å². The van der Waals surface area contributed by atoms with Crippen molar-refractivity contribution in [2.45, 2.75) is 11.4 Å². The second-order valence-electron chi connectivity index (χ2n) is 6.21. The van der Waals surface area contributed by atoms with Crippen LogP contribution in [0.5, 0.6) is 0 Å². The summed E-state index contributed by atoms with van der Waals surface area (Å²) in [6.07, 6.45) is 4.67. The molecule has 2 aliphatic heterocycles. The predicted octanol–water partition coefficient (Wildman–Crippen LogP) is -4.12. The van der Waals surface area contributed by atoms with Crippen molar-refractivity contribution in [2.24, 2.45) is 5.16 Å². The number of anilines is 1. The van der Waals surface area contributed by atoms with Crippen LogP contribution in [0.1, 0.15) is 11.4 Å². The van der Waals surface area contributed by atoms with E-state index in [9.17, 15) is 24.7 Å². The fourth-order valence-corrected chi connectivity index (χ4v) is 5.28. The van der Waals surface area contributed by atoms with Gasteiger partial charge in [0.05, 0.1) is 35.3 Å². The third-order valence-corrected chi connectivity index (χ3v) is 6.86. The Morgan fingerprint density at radius 2 is 2.19 bits per heavy atom. The van der Waals surface area contributed by atoms with Crippen LogP contribution in [0, 0.1) is 0 Å². The summed E-state index contributed by atoms with van der Waals surface area (Å²) in [6, 6.07) is -1.01. The van der Waals surface area contributed by atoms with Gasteiger partial charge in [-0.1, -0.05) is 11.2 Å². The number of rotatable bonds is 6. The van der Waals surface area contributed by atoms with E-state index in [1.54, 1.807) is 12.2 Å². The number of nitrogens with one attached hydrogen (secondary N) is 1. The molecule has 0 unspecified atom stereocenters. The second-order valence-corrected chi connectivity index (χ2v) is 8.76. The number of aliphatic carboxylic acids is 1. The minimum absolute atomic E-state index is 0. The zero-order valence-electron chi connectivity index (χ0n) is 16.3. The molecule has 1 fully saturated rings. The van der Waals surface area contributed by atoms with Crippen LogP contribution in [0.15, 0.2) is 34.1 Å². The van der Waals surface area contributed by atoms with Crippen molar-refractivity contribution in [3.05, 3.63) is 40.3 Å². The van der Waals surface area contributed by atoms with Gasteiger partial charge in [-0.05, 0) is 11.6 Å². The Hall–Kier alpha value is -2.30. The van der Waals surface area contributed by atoms with Gasteiger partial charge in [-0.15, -0.1) is 23.1 Å². The molecule has 0 aromatic carbocycles. The van der Waals surface area contributed by atoms with Gasteiger partial charge in [0.1, 0.15) is 17.1 Å². The number of oxime groups is 1. The minimum atomic E-state index is -1.50. The summed E-state index contributed by atoms with van der Waals surface area (Å²) >= 11 is 3.34. The Bertz CT molecular complexity index is 1150. The van der Waals surface area contributed by atoms with Crippen LogP contribution in [0.4, 0.5) is 5.13 Å². The standard InChI is InChI=1S/C16H13N7O5S3.Na/c17-16-19-8(5-30-16)9(21-28)12(24)20-10-13(25)23-11(15(26)27)6(4-29-14(10)23)1-2-7-3-18-31-22-7;/h1-3,5,10,14,28H,4H2,(H2,17,19)(H,20,24)(H,26,27);/q;+1/p-1/b2-1-,21-9-;/t10-,14-;/m1./s1. The van der Waals surface area contributed by atoms with Crippen molar-refractivity contribution < 1.29 is 54.3 Å². The van der Waals surface area contributed by atoms with Crippen molar-refractivity contribution in [3.63, 3.8) is 0 Å². The van der Waals surface area contributed by atoms with E-state index < -0.39 is 34.9 Å². The number of hydrogen-bond donors (Lipinski definition) is 3. The number of carbonyl (C=O) groups is 3. The SMILES string of the molecule is Nc1nc(/C(=N/O)C(=O)N[C@@H]2C(=O)N3C(C(=O)[O-])=C(/C=C\c4cnsn4)CS[C@H]23)cs1.[Na+]. The number of aromatic nitrogens is 3. The second kappa shape index (κ2) is 10.1. The summed E-state index contributed by atoms with van der Waals surface area (Å²) in [5.41, 5.74) is 5.85. The first kappa shape index (κ1) is 24.3. The molecule has 2 aromatic heterocycles. The molecule has 32 heavy (non-hydrogen) atoms. The van der Waals surface area contributed by atoms with E-state index in [4.69, 9.17) is 5.73 Å². The molecule has 2 atom stereocenters. The largest absolute Gasteiger partial charge is 1.00 e. The Morgan fingerprint density at radius 3 is 2.78 bits per heavy atom. The first-order valence-corrected chi connectivity index (χ1v) is 11.2. The molecule has 0 saturated carbocycles. The molecule has 0 bridgehead atoms. The van der Waals surface area contributed by atoms with Gasteiger partial charge in [0.2, 0.25) is 0 Å². The van der Waals surface area contributed by atoms with Crippen molar-refractivity contribution in [2.75, 3.05) is 11.5 Å². The first-order valence-electron chi connectivity index (χ1n) is 8.49. The summed E-state index contributed by atoms with van der Waals surface area (Å²) in [5, 5.41) is 27.3. The molecule has 0 aliphatic carbocycles. The third-order valence-electron chi connectivity index (χ3n) is 4.39. The maximum atomic E-state index is 12.7. The number of fused-ring (bicyclic) bond motifs is 1. The first-order chi connectivity index (χ1) is 14.9. The monoisotopic (exact) mass is 501 g/mol. The van der Waals surface area contributed by atoms with Crippen LogP contribution in [0.3, 0.4) is 0 Å². The fraction of sp³-hybridized carbons (Fsp3) is 0.188. The molecule has 16 heteroatoms. The van der Waals surface area contributed by atoms with Gasteiger partial charge in [-0.2, -0.15) is 8.75 Å². The molecule has 0 radical (unpaired) electrons. The van der Waals surface area contributed by atoms with Crippen LogP contribution < -0.4 is 45.7 Å². The van der Waals surface area contributed by atoms with Crippen LogP contribution in [-0.4, -0.2) is 64.5 Å². The van der Waals surface area contributed by atoms with Crippen LogP contribution in [0.25, 0.3) is 6.08 Å². The molecule has 0 spiro atoms. The van der Waals surface area contributed by atoms with Gasteiger partial charge >= 0.3 is 29.6 Å². The fourth-order valence-electron chi connectivity index (χ4n) is 3.01. The maximum Gasteiger partial charge on any atom is 1.00 e. The minimum Gasteiger partial charge on any atom is -0.543 e. The van der Waals surface area contributed by atoms with E-state index in [0.29, 0.717) is 11.3 Å². The number of carboxylic acids is 1. The van der Waals surface area contributed by atoms with E-state index >= 15 is 0 Å². The molecule has 2 aromatic rings. The summed E-state index contributed by atoms with van der Waals surface area (Å²) in [7, 11) is 0. The molecular weight excluding hydrogens is 489 g/mol. The van der Waals surface area contributed by atoms with Gasteiger partial charge in [-0.3, -0.25) is 14.5 Å². The average molecular weight is 502 g/mol. The molecule has 4 N–H and O–H groups in total. The van der Waals surface area contributed by atoms with E-state index in [2.05, 4.69) is 24.2 Å². The number of thioether (sulfide) groups is 1. The van der Waals surface area contributed by atoms with Gasteiger partial charge in [0.15, 0.2) is 10.8 Å². The Morgan fingerprint density at radius 1 is 1.41 bits per heavy atom. The number of β-lactam (4-membered cyclic amide) rings is 1. The maximum absolute atomic E-state index is 12.7. The van der Waals surface area contributed by atoms with Crippen LogP contribution >= 0.6 is 34.8 Å². The van der Waals surface area contributed by atoms with E-state index in [-0.39, 0.29) is 51.8 Å². The molecule has 2 aliphatic rings. The molecule has 160 valence electrons. The Kier molecular flexibility index (Phi) is 7.68. The molecular formula is C16H12N7NaO5S3. The van der Waals surface area contributed by atoms with Crippen LogP contribution in [0.2, 0.25) is 0 Å². The number of carbonyl (C=O) groups excluding carboxylic acids is 3. The van der Waals surface area contributed by atoms with Gasteiger partial charge in [0.25, 0.3) is 11.8 Å². The smallest absolute Gasteiger partial charge is 0.543 e. The number of thiazole rings is 1. The zero-order chi connectivity index (χ0) is 22.1. The molecule has 4 rings (SSSR count). The summed E-state index contributed by atoms with van der Waals surface area (Å²) in [5.74, 6) is -2.70. The normalized spacial score (nSPS) is 20.6. The van der Waals surface area contributed by atoms with Gasteiger partial charge in [-0.25, -0.2) is 4.98 Å². The number of amides is 2. The van der Waals surface area contributed by atoms with E-state index in [0.717, 1.165) is 28.0 Å². The number of nitrogens with zero attached hydrogens (tertiary/aromatic N) is 5. The number of allylic oxidation sites excluding steroid dienone is 1. The number of carboxylic acid groups (broad SMARTS) is 1. The average Bonchev–Trinajstić information content (AvgIpc) is 3.42. The zero-order valence-corrected chi connectivity index (χ0v) is 20.7. The molecule has 2 amide bonds. The van der Waals surface area contributed by atoms with Gasteiger partial charge < -0.3 is 26.2 Å². The molecule has 12 nitrogen and oxygen atoms in total. The van der Waals surface area contributed by atoms with Crippen molar-refractivity contribution in [1.29, 1.82) is 0 Å². The van der Waals surface area contributed by atoms with Crippen molar-refractivity contribution >= 4 is 69.5 Å². The van der Waals surface area contributed by atoms with Crippen molar-refractivity contribution in [3.8, 4) is 0 Å². The quantitative estimate of drug-likeness (QED) is 0.115. The van der Waals surface area contributed by atoms with Crippen molar-refractivity contribution in [1.82, 2.24) is 23.9 Å². The van der Waals surface area contributed by atoms with Gasteiger partial charge in [0, 0.05) is 11.1 Å². The number of nitrogens with two attached hydrogens (primary N) is 1. The summed E-state index contributed by atoms with van der Waals surface area (Å²) < 4.78 is 7.87. The predicted molar refractivity (Wildman–Crippen MR) is 111 cm³/mol. The Balaban J connectivity index is 0.00000289. The third kappa shape index (κ3) is 4.57. The summed E-state index contributed by atoms with van der Waals surface area (Å²) in [6.45, 7) is 0. The number of nitrogen functional groups attached to an aromatic ring is 1.